The van der Waals surface area contributed by atoms with E-state index in [1.807, 2.05) is 0 Å². The molecular formula is C6H13NO4S. The first-order chi connectivity index (χ1) is 5.45. The molecule has 0 fully saturated rings. The summed E-state index contributed by atoms with van der Waals surface area (Å²) in [5.74, 6) is -0.0637. The third-order valence-electron chi connectivity index (χ3n) is 1.02. The Morgan fingerprint density at radius 2 is 2.08 bits per heavy atom. The Bertz CT molecular complexity index is 234. The lowest BCUT2D eigenvalue weighted by Crippen LogP contribution is -2.29. The average molecular weight is 195 g/mol. The topological polar surface area (TPSA) is 72.5 Å². The van der Waals surface area contributed by atoms with E-state index in [1.165, 1.54) is 0 Å². The monoisotopic (exact) mass is 195 g/mol. The van der Waals surface area contributed by atoms with Gasteiger partial charge in [0, 0.05) is 12.8 Å². The maximum absolute atomic E-state index is 10.6. The number of hydrogen-bond acceptors (Lipinski definition) is 4. The number of carbonyl (C=O) groups excluding carboxylic acids is 1. The van der Waals surface area contributed by atoms with Crippen molar-refractivity contribution >= 4 is 15.9 Å². The van der Waals surface area contributed by atoms with Crippen molar-refractivity contribution < 1.29 is 17.9 Å². The van der Waals surface area contributed by atoms with Crippen molar-refractivity contribution in [3.8, 4) is 0 Å². The number of sulfone groups is 1. The maximum atomic E-state index is 10.6. The predicted octanol–water partition coefficient (Wildman–Crippen LogP) is -0.223. The van der Waals surface area contributed by atoms with E-state index >= 15 is 0 Å². The predicted molar refractivity (Wildman–Crippen MR) is 44.7 cm³/mol. The molecule has 0 aromatic carbocycles. The summed E-state index contributed by atoms with van der Waals surface area (Å²) < 4.78 is 25.7. The first-order valence-electron chi connectivity index (χ1n) is 3.54. The lowest BCUT2D eigenvalue weighted by Gasteiger charge is -2.03. The van der Waals surface area contributed by atoms with E-state index in [0.29, 0.717) is 0 Å². The van der Waals surface area contributed by atoms with Crippen LogP contribution in [0.15, 0.2) is 0 Å². The molecule has 6 heteroatoms. The van der Waals surface area contributed by atoms with Crippen molar-refractivity contribution in [1.29, 1.82) is 0 Å². The molecule has 1 N–H and O–H groups in total. The Morgan fingerprint density at radius 1 is 1.50 bits per heavy atom. The molecule has 12 heavy (non-hydrogen) atoms. The second-order valence-electron chi connectivity index (χ2n) is 2.28. The van der Waals surface area contributed by atoms with E-state index in [9.17, 15) is 13.2 Å². The van der Waals surface area contributed by atoms with Crippen molar-refractivity contribution in [3.63, 3.8) is 0 Å². The number of alkyl carbamates (subject to hydrolysis) is 1. The highest BCUT2D eigenvalue weighted by Gasteiger charge is 2.03. The highest BCUT2D eigenvalue weighted by molar-refractivity contribution is 7.90. The van der Waals surface area contributed by atoms with Gasteiger partial charge in [-0.2, -0.15) is 0 Å². The second kappa shape index (κ2) is 4.97. The van der Waals surface area contributed by atoms with Crippen molar-refractivity contribution in [2.45, 2.75) is 6.92 Å². The molecule has 0 aliphatic carbocycles. The van der Waals surface area contributed by atoms with Crippen molar-refractivity contribution in [3.05, 3.63) is 0 Å². The summed E-state index contributed by atoms with van der Waals surface area (Å²) >= 11 is 0. The van der Waals surface area contributed by atoms with Crippen LogP contribution in [-0.4, -0.2) is 39.7 Å². The van der Waals surface area contributed by atoms with Gasteiger partial charge >= 0.3 is 6.09 Å². The minimum atomic E-state index is -3.01. The van der Waals surface area contributed by atoms with Crippen LogP contribution in [0.1, 0.15) is 6.92 Å². The lowest BCUT2D eigenvalue weighted by atomic mass is 10.7. The summed E-state index contributed by atoms with van der Waals surface area (Å²) in [6.07, 6.45) is 0.529. The molecule has 72 valence electrons. The molecule has 0 heterocycles. The van der Waals surface area contributed by atoms with Gasteiger partial charge in [0.2, 0.25) is 0 Å². The fraction of sp³-hybridized carbons (Fsp3) is 0.833. The summed E-state index contributed by atoms with van der Waals surface area (Å²) in [7, 11) is -3.01. The fourth-order valence-electron chi connectivity index (χ4n) is 0.521. The molecule has 0 unspecified atom stereocenters. The summed E-state index contributed by atoms with van der Waals surface area (Å²) in [4.78, 5) is 10.6. The molecule has 0 aromatic rings. The summed E-state index contributed by atoms with van der Waals surface area (Å²) in [6, 6.07) is 0. The first kappa shape index (κ1) is 11.2. The van der Waals surface area contributed by atoms with Gasteiger partial charge in [-0.25, -0.2) is 13.2 Å². The molecule has 0 aliphatic heterocycles. The van der Waals surface area contributed by atoms with E-state index in [4.69, 9.17) is 0 Å². The van der Waals surface area contributed by atoms with Crippen LogP contribution in [0, 0.1) is 0 Å². The van der Waals surface area contributed by atoms with Crippen LogP contribution in [0.25, 0.3) is 0 Å². The Hall–Kier alpha value is -0.780. The van der Waals surface area contributed by atoms with Gasteiger partial charge in [0.15, 0.2) is 0 Å². The second-order valence-corrected chi connectivity index (χ2v) is 4.54. The molecule has 0 atom stereocenters. The largest absolute Gasteiger partial charge is 0.450 e. The van der Waals surface area contributed by atoms with Gasteiger partial charge in [-0.3, -0.25) is 0 Å². The van der Waals surface area contributed by atoms with Crippen LogP contribution in [-0.2, 0) is 14.6 Å². The Balaban J connectivity index is 3.51. The molecule has 0 aliphatic rings. The average Bonchev–Trinajstić information content (AvgIpc) is 1.84. The lowest BCUT2D eigenvalue weighted by molar-refractivity contribution is 0.153. The number of nitrogens with one attached hydrogen (secondary N) is 1. The smallest absolute Gasteiger partial charge is 0.407 e. The number of hydrogen-bond donors (Lipinski definition) is 1. The quantitative estimate of drug-likeness (QED) is 0.673. The molecule has 0 bridgehead atoms. The Labute approximate surface area is 72.0 Å². The Morgan fingerprint density at radius 3 is 2.50 bits per heavy atom. The molecule has 0 saturated heterocycles. The summed E-state index contributed by atoms with van der Waals surface area (Å²) in [5, 5.41) is 2.30. The summed E-state index contributed by atoms with van der Waals surface area (Å²) in [5.41, 5.74) is 0. The normalized spacial score (nSPS) is 10.8. The number of rotatable bonds is 4. The van der Waals surface area contributed by atoms with E-state index in [0.717, 1.165) is 6.26 Å². The molecular weight excluding hydrogens is 182 g/mol. The van der Waals surface area contributed by atoms with Gasteiger partial charge in [-0.1, -0.05) is 0 Å². The molecule has 5 nitrogen and oxygen atoms in total. The van der Waals surface area contributed by atoms with E-state index in [-0.39, 0.29) is 18.9 Å². The fourth-order valence-corrected chi connectivity index (χ4v) is 0.993. The van der Waals surface area contributed by atoms with Crippen molar-refractivity contribution in [2.24, 2.45) is 0 Å². The van der Waals surface area contributed by atoms with Crippen LogP contribution >= 0.6 is 0 Å². The van der Waals surface area contributed by atoms with Crippen LogP contribution in [0.4, 0.5) is 4.79 Å². The molecule has 0 rings (SSSR count). The van der Waals surface area contributed by atoms with E-state index in [1.54, 1.807) is 6.92 Å². The molecule has 1 amide bonds. The number of amides is 1. The van der Waals surface area contributed by atoms with Gasteiger partial charge in [-0.05, 0) is 6.92 Å². The zero-order valence-corrected chi connectivity index (χ0v) is 7.98. The minimum absolute atomic E-state index is 0.0637. The van der Waals surface area contributed by atoms with Gasteiger partial charge in [0.1, 0.15) is 9.84 Å². The van der Waals surface area contributed by atoms with Crippen molar-refractivity contribution in [2.75, 3.05) is 25.2 Å². The zero-order chi connectivity index (χ0) is 9.61. The number of carbonyl (C=O) groups is 1. The van der Waals surface area contributed by atoms with Crippen LogP contribution in [0.3, 0.4) is 0 Å². The standard InChI is InChI=1S/C6H13NO4S/c1-3-11-6(8)7-4-5-12(2,9)10/h3-5H2,1-2H3,(H,7,8). The minimum Gasteiger partial charge on any atom is -0.450 e. The summed E-state index contributed by atoms with van der Waals surface area (Å²) in [6.45, 7) is 2.05. The van der Waals surface area contributed by atoms with Gasteiger partial charge in [0.25, 0.3) is 0 Å². The zero-order valence-electron chi connectivity index (χ0n) is 7.16. The van der Waals surface area contributed by atoms with Gasteiger partial charge in [-0.15, -0.1) is 0 Å². The molecule has 0 spiro atoms. The molecule has 0 aromatic heterocycles. The van der Waals surface area contributed by atoms with Gasteiger partial charge in [0.05, 0.1) is 12.4 Å². The highest BCUT2D eigenvalue weighted by atomic mass is 32.2. The number of ether oxygens (including phenoxy) is 1. The third kappa shape index (κ3) is 7.33. The SMILES string of the molecule is CCOC(=O)NCCS(C)(=O)=O. The first-order valence-corrected chi connectivity index (χ1v) is 5.60. The third-order valence-corrected chi connectivity index (χ3v) is 1.96. The highest BCUT2D eigenvalue weighted by Crippen LogP contribution is 1.81. The van der Waals surface area contributed by atoms with E-state index in [2.05, 4.69) is 10.1 Å². The molecule has 0 radical (unpaired) electrons. The molecule has 0 saturated carbocycles. The Kier molecular flexibility index (Phi) is 4.65. The van der Waals surface area contributed by atoms with Crippen LogP contribution in [0.5, 0.6) is 0 Å². The maximum Gasteiger partial charge on any atom is 0.407 e. The van der Waals surface area contributed by atoms with Gasteiger partial charge < -0.3 is 10.1 Å². The van der Waals surface area contributed by atoms with Crippen LogP contribution in [0.2, 0.25) is 0 Å². The van der Waals surface area contributed by atoms with E-state index < -0.39 is 15.9 Å². The van der Waals surface area contributed by atoms with Crippen molar-refractivity contribution in [1.82, 2.24) is 5.32 Å². The van der Waals surface area contributed by atoms with Crippen LogP contribution < -0.4 is 5.32 Å².